The Morgan fingerprint density at radius 3 is 1.89 bits per heavy atom. The SMILES string of the molecule is CCCCCCCCCCCCCCCCCCCCc1ccc2nc3c4ccc(NC(N)=O)c5cccc(c(=O)n3c2c1)c54. The fourth-order valence-corrected chi connectivity index (χ4v) is 7.03. The summed E-state index contributed by atoms with van der Waals surface area (Å²) >= 11 is 0. The first kappa shape index (κ1) is 32.7. The number of hydrogen-bond donors (Lipinski definition) is 2. The lowest BCUT2D eigenvalue weighted by molar-refractivity contribution is 0.259. The van der Waals surface area contributed by atoms with Crippen LogP contribution in [0.2, 0.25) is 0 Å². The van der Waals surface area contributed by atoms with Crippen molar-refractivity contribution in [1.29, 1.82) is 0 Å². The van der Waals surface area contributed by atoms with Gasteiger partial charge in [-0.15, -0.1) is 0 Å². The van der Waals surface area contributed by atoms with Crippen LogP contribution in [-0.2, 0) is 6.42 Å². The maximum Gasteiger partial charge on any atom is 0.316 e. The van der Waals surface area contributed by atoms with Gasteiger partial charge in [0.1, 0.15) is 5.65 Å². The zero-order valence-corrected chi connectivity index (χ0v) is 27.3. The Hall–Kier alpha value is -3.67. The second-order valence-corrected chi connectivity index (χ2v) is 13.0. The van der Waals surface area contributed by atoms with E-state index < -0.39 is 6.03 Å². The molecule has 45 heavy (non-hydrogen) atoms. The largest absolute Gasteiger partial charge is 0.351 e. The predicted octanol–water partition coefficient (Wildman–Crippen LogP) is 10.7. The number of carbonyl (C=O) groups excluding carboxylic acids is 1. The highest BCUT2D eigenvalue weighted by molar-refractivity contribution is 6.19. The van der Waals surface area contributed by atoms with Crippen LogP contribution in [0.15, 0.2) is 53.3 Å². The van der Waals surface area contributed by atoms with Crippen LogP contribution in [-0.4, -0.2) is 15.4 Å². The topological polar surface area (TPSA) is 89.5 Å². The van der Waals surface area contributed by atoms with E-state index in [1.165, 1.54) is 115 Å². The summed E-state index contributed by atoms with van der Waals surface area (Å²) in [5.41, 5.74) is 9.46. The van der Waals surface area contributed by atoms with Crippen LogP contribution in [0.3, 0.4) is 0 Å². The van der Waals surface area contributed by atoms with Crippen LogP contribution < -0.4 is 16.6 Å². The number of carbonyl (C=O) groups is 1. The molecule has 0 aliphatic heterocycles. The summed E-state index contributed by atoms with van der Waals surface area (Å²) in [4.78, 5) is 30.2. The number of nitrogens with zero attached hydrogens (tertiary/aromatic N) is 2. The van der Waals surface area contributed by atoms with Gasteiger partial charge in [-0.1, -0.05) is 134 Å². The summed E-state index contributed by atoms with van der Waals surface area (Å²) in [5.74, 6) is 0. The van der Waals surface area contributed by atoms with E-state index in [9.17, 15) is 9.59 Å². The molecule has 240 valence electrons. The quantitative estimate of drug-likeness (QED) is 0.0861. The average Bonchev–Trinajstić information content (AvgIpc) is 3.42. The summed E-state index contributed by atoms with van der Waals surface area (Å²) in [6.45, 7) is 2.29. The van der Waals surface area contributed by atoms with E-state index in [0.717, 1.165) is 40.0 Å². The average molecular weight is 609 g/mol. The van der Waals surface area contributed by atoms with Crippen LogP contribution in [0, 0.1) is 0 Å². The highest BCUT2D eigenvalue weighted by atomic mass is 16.2. The Morgan fingerprint density at radius 2 is 1.29 bits per heavy atom. The Kier molecular flexibility index (Phi) is 12.1. The van der Waals surface area contributed by atoms with E-state index in [2.05, 4.69) is 24.4 Å². The van der Waals surface area contributed by atoms with E-state index in [0.29, 0.717) is 16.7 Å². The number of urea groups is 1. The Labute approximate surface area is 268 Å². The van der Waals surface area contributed by atoms with E-state index in [4.69, 9.17) is 10.7 Å². The van der Waals surface area contributed by atoms with Gasteiger partial charge in [0.05, 0.1) is 16.7 Å². The molecule has 6 heteroatoms. The molecular weight excluding hydrogens is 556 g/mol. The molecule has 0 radical (unpaired) electrons. The van der Waals surface area contributed by atoms with E-state index >= 15 is 0 Å². The number of hydrogen-bond acceptors (Lipinski definition) is 3. The summed E-state index contributed by atoms with van der Waals surface area (Å²) in [5, 5.41) is 5.76. The number of benzene rings is 3. The van der Waals surface area contributed by atoms with Crippen LogP contribution in [0.25, 0.3) is 38.2 Å². The number of aryl methyl sites for hydroxylation is 1. The van der Waals surface area contributed by atoms with Gasteiger partial charge in [-0.3, -0.25) is 9.20 Å². The van der Waals surface area contributed by atoms with Crippen LogP contribution in [0.5, 0.6) is 0 Å². The van der Waals surface area contributed by atoms with Crippen molar-refractivity contribution < 1.29 is 4.79 Å². The van der Waals surface area contributed by atoms with Crippen molar-refractivity contribution >= 4 is 49.9 Å². The number of rotatable bonds is 20. The van der Waals surface area contributed by atoms with E-state index in [-0.39, 0.29) is 5.56 Å². The fraction of sp³-hybridized carbons (Fsp3) is 0.513. The first-order valence-corrected chi connectivity index (χ1v) is 17.8. The Balaban J connectivity index is 1.06. The number of aromatic nitrogens is 2. The van der Waals surface area contributed by atoms with Crippen molar-refractivity contribution in [2.24, 2.45) is 5.73 Å². The smallest absolute Gasteiger partial charge is 0.316 e. The molecule has 0 unspecified atom stereocenters. The normalized spacial score (nSPS) is 11.8. The maximum absolute atomic E-state index is 13.8. The molecule has 2 amide bonds. The second-order valence-electron chi connectivity index (χ2n) is 13.0. The summed E-state index contributed by atoms with van der Waals surface area (Å²) in [7, 11) is 0. The third kappa shape index (κ3) is 8.33. The maximum atomic E-state index is 13.8. The lowest BCUT2D eigenvalue weighted by atomic mass is 10.0. The molecule has 0 aliphatic rings. The predicted molar refractivity (Wildman–Crippen MR) is 191 cm³/mol. The third-order valence-electron chi connectivity index (χ3n) is 9.51. The molecule has 0 atom stereocenters. The van der Waals surface area contributed by atoms with Crippen LogP contribution >= 0.6 is 0 Å². The number of nitrogens with one attached hydrogen (secondary N) is 1. The van der Waals surface area contributed by atoms with Gasteiger partial charge in [-0.2, -0.15) is 0 Å². The van der Waals surface area contributed by atoms with Crippen molar-refractivity contribution in [2.45, 2.75) is 129 Å². The lowest BCUT2D eigenvalue weighted by Crippen LogP contribution is -2.19. The molecule has 2 aromatic heterocycles. The van der Waals surface area contributed by atoms with Gasteiger partial charge in [0, 0.05) is 21.5 Å². The Bertz CT molecular complexity index is 1740. The number of unbranched alkanes of at least 4 members (excludes halogenated alkanes) is 17. The molecule has 5 aromatic rings. The minimum absolute atomic E-state index is 0.0906. The zero-order chi connectivity index (χ0) is 31.4. The van der Waals surface area contributed by atoms with Gasteiger partial charge in [0.25, 0.3) is 5.56 Å². The minimum Gasteiger partial charge on any atom is -0.351 e. The summed E-state index contributed by atoms with van der Waals surface area (Å²) in [6.07, 6.45) is 25.8. The molecule has 0 saturated heterocycles. The van der Waals surface area contributed by atoms with Crippen LogP contribution in [0.4, 0.5) is 10.5 Å². The lowest BCUT2D eigenvalue weighted by Gasteiger charge is -2.11. The molecule has 3 aromatic carbocycles. The minimum atomic E-state index is -0.632. The number of anilines is 1. The monoisotopic (exact) mass is 608 g/mol. The molecule has 0 saturated carbocycles. The molecule has 5 rings (SSSR count). The van der Waals surface area contributed by atoms with Gasteiger partial charge in [0.2, 0.25) is 0 Å². The first-order chi connectivity index (χ1) is 22.1. The van der Waals surface area contributed by atoms with Crippen molar-refractivity contribution in [3.8, 4) is 0 Å². The second kappa shape index (κ2) is 16.6. The van der Waals surface area contributed by atoms with Crippen molar-refractivity contribution in [1.82, 2.24) is 9.38 Å². The molecule has 0 aliphatic carbocycles. The van der Waals surface area contributed by atoms with Gasteiger partial charge in [-0.25, -0.2) is 9.78 Å². The molecule has 2 heterocycles. The number of primary amides is 1. The molecule has 6 nitrogen and oxygen atoms in total. The van der Waals surface area contributed by atoms with Crippen LogP contribution in [0.1, 0.15) is 128 Å². The molecule has 0 fully saturated rings. The molecule has 3 N–H and O–H groups in total. The molecule has 0 spiro atoms. The van der Waals surface area contributed by atoms with Gasteiger partial charge in [-0.05, 0) is 48.7 Å². The van der Waals surface area contributed by atoms with Crippen molar-refractivity contribution in [3.63, 3.8) is 0 Å². The van der Waals surface area contributed by atoms with Gasteiger partial charge >= 0.3 is 6.03 Å². The highest BCUT2D eigenvalue weighted by Crippen LogP contribution is 2.34. The van der Waals surface area contributed by atoms with Crippen molar-refractivity contribution in [2.75, 3.05) is 5.32 Å². The number of fused-ring (bicyclic) bond motifs is 4. The standard InChI is InChI=1S/C39H52N4O2/c1-2-3-4-5-6-7-8-9-10-11-12-13-14-15-16-17-18-19-21-29-24-26-34-35(28-29)43-37(41-34)31-25-27-33(42-39(40)45)30-22-20-23-32(36(30)31)38(43)44/h20,22-28H,2-19,21H2,1H3,(H3,40,42,45). The highest BCUT2D eigenvalue weighted by Gasteiger charge is 2.18. The summed E-state index contributed by atoms with van der Waals surface area (Å²) < 4.78 is 1.76. The molecular formula is C39H52N4O2. The first-order valence-electron chi connectivity index (χ1n) is 17.8. The Morgan fingerprint density at radius 1 is 0.711 bits per heavy atom. The number of amides is 2. The fourth-order valence-electron chi connectivity index (χ4n) is 7.03. The van der Waals surface area contributed by atoms with E-state index in [1.807, 2.05) is 36.4 Å². The number of nitrogens with two attached hydrogens (primary N) is 1. The van der Waals surface area contributed by atoms with Gasteiger partial charge < -0.3 is 11.1 Å². The third-order valence-corrected chi connectivity index (χ3v) is 9.51. The number of imidazole rings is 1. The van der Waals surface area contributed by atoms with Gasteiger partial charge in [0.15, 0.2) is 0 Å². The number of pyridine rings is 1. The molecule has 0 bridgehead atoms. The van der Waals surface area contributed by atoms with Crippen molar-refractivity contribution in [3.05, 3.63) is 64.4 Å². The van der Waals surface area contributed by atoms with E-state index in [1.54, 1.807) is 4.40 Å². The zero-order valence-electron chi connectivity index (χ0n) is 27.3. The summed E-state index contributed by atoms with van der Waals surface area (Å²) in [6, 6.07) is 15.1.